The van der Waals surface area contributed by atoms with Gasteiger partial charge in [0.2, 0.25) is 0 Å². The van der Waals surface area contributed by atoms with E-state index in [0.717, 1.165) is 5.92 Å². The third-order valence-corrected chi connectivity index (χ3v) is 2.34. The lowest BCUT2D eigenvalue weighted by Crippen LogP contribution is -1.80. The highest BCUT2D eigenvalue weighted by Gasteiger charge is 2.12. The van der Waals surface area contributed by atoms with E-state index in [9.17, 15) is 5.11 Å². The topological polar surface area (TPSA) is 46.0 Å². The molecule has 0 saturated heterocycles. The van der Waals surface area contributed by atoms with Gasteiger partial charge in [0, 0.05) is 12.4 Å². The van der Waals surface area contributed by atoms with E-state index >= 15 is 0 Å². The number of aromatic hydroxyl groups is 1. The molecule has 0 bridgehead atoms. The Morgan fingerprint density at radius 3 is 2.05 bits per heavy atom. The molecule has 1 aliphatic rings. The Kier molecular flexibility index (Phi) is 10.3. The predicted octanol–water partition coefficient (Wildman–Crippen LogP) is 5.19. The average Bonchev–Trinajstić information content (AvgIpc) is 3.26. The summed E-state index contributed by atoms with van der Waals surface area (Å²) in [7, 11) is 0. The van der Waals surface area contributed by atoms with Crippen molar-refractivity contribution in [2.24, 2.45) is 5.92 Å². The third kappa shape index (κ3) is 7.72. The number of rotatable bonds is 0. The summed E-state index contributed by atoms with van der Waals surface area (Å²) in [4.78, 5) is 7.99. The summed E-state index contributed by atoms with van der Waals surface area (Å²) in [6, 6.07) is 5.14. The molecule has 1 heterocycles. The minimum Gasteiger partial charge on any atom is -0.506 e. The van der Waals surface area contributed by atoms with Crippen LogP contribution < -0.4 is 0 Å². The highest BCUT2D eigenvalue weighted by atomic mass is 16.3. The summed E-state index contributed by atoms with van der Waals surface area (Å²) in [6.07, 6.45) is 7.38. The molecule has 0 unspecified atom stereocenters. The number of phenolic OH excluding ortho intramolecular Hbond substituents is 1. The van der Waals surface area contributed by atoms with E-state index in [0.29, 0.717) is 11.0 Å². The molecule has 1 aromatic heterocycles. The van der Waals surface area contributed by atoms with Gasteiger partial charge in [-0.1, -0.05) is 59.9 Å². The molecular weight excluding hydrogens is 248 g/mol. The minimum absolute atomic E-state index is 0.176. The van der Waals surface area contributed by atoms with Gasteiger partial charge in [-0.25, -0.2) is 4.98 Å². The van der Waals surface area contributed by atoms with Crippen LogP contribution in [0.3, 0.4) is 0 Å². The van der Waals surface area contributed by atoms with Gasteiger partial charge in [-0.3, -0.25) is 4.98 Å². The molecule has 0 aliphatic heterocycles. The smallest absolute Gasteiger partial charge is 0.143 e. The predicted molar refractivity (Wildman–Crippen MR) is 86.9 cm³/mol. The highest BCUT2D eigenvalue weighted by Crippen LogP contribution is 2.26. The van der Waals surface area contributed by atoms with Gasteiger partial charge in [-0.15, -0.1) is 0 Å². The van der Waals surface area contributed by atoms with Gasteiger partial charge in [-0.2, -0.15) is 0 Å². The van der Waals surface area contributed by atoms with Gasteiger partial charge in [0.05, 0.1) is 5.52 Å². The van der Waals surface area contributed by atoms with Crippen molar-refractivity contribution < 1.29 is 5.11 Å². The molecule has 0 spiro atoms. The molecule has 2 aromatic rings. The number of phenols is 1. The number of nitrogens with zero attached hydrogens (tertiary/aromatic N) is 2. The van der Waals surface area contributed by atoms with Crippen molar-refractivity contribution in [3.05, 3.63) is 30.6 Å². The fourth-order valence-electron chi connectivity index (χ4n) is 1.14. The van der Waals surface area contributed by atoms with Crippen molar-refractivity contribution >= 4 is 11.0 Å². The first-order chi connectivity index (χ1) is 9.69. The monoisotopic (exact) mass is 276 g/mol. The summed E-state index contributed by atoms with van der Waals surface area (Å²) in [5.74, 6) is 1.26. The zero-order chi connectivity index (χ0) is 15.4. The van der Waals surface area contributed by atoms with E-state index in [1.54, 1.807) is 24.5 Å². The number of para-hydroxylation sites is 1. The van der Waals surface area contributed by atoms with Crippen LogP contribution in [0.2, 0.25) is 0 Å². The molecule has 1 saturated carbocycles. The highest BCUT2D eigenvalue weighted by molar-refractivity contribution is 5.79. The van der Waals surface area contributed by atoms with Crippen LogP contribution in [0.1, 0.15) is 53.9 Å². The number of benzene rings is 1. The number of hydrogen-bond donors (Lipinski definition) is 1. The van der Waals surface area contributed by atoms with Crippen LogP contribution in [0.5, 0.6) is 5.75 Å². The van der Waals surface area contributed by atoms with Crippen molar-refractivity contribution in [2.45, 2.75) is 53.9 Å². The first kappa shape index (κ1) is 18.4. The van der Waals surface area contributed by atoms with Crippen LogP contribution in [-0.4, -0.2) is 15.1 Å². The molecule has 1 aliphatic carbocycles. The largest absolute Gasteiger partial charge is 0.506 e. The molecule has 0 radical (unpaired) electrons. The van der Waals surface area contributed by atoms with Crippen LogP contribution in [0.4, 0.5) is 0 Å². The van der Waals surface area contributed by atoms with Crippen molar-refractivity contribution in [2.75, 3.05) is 0 Å². The maximum absolute atomic E-state index is 9.27. The molecule has 20 heavy (non-hydrogen) atoms. The van der Waals surface area contributed by atoms with Crippen LogP contribution in [-0.2, 0) is 0 Å². The first-order valence-corrected chi connectivity index (χ1v) is 7.57. The van der Waals surface area contributed by atoms with Crippen molar-refractivity contribution in [1.82, 2.24) is 9.97 Å². The summed E-state index contributed by atoms with van der Waals surface area (Å²) in [6.45, 7) is 10.5. The fourth-order valence-corrected chi connectivity index (χ4v) is 1.14. The van der Waals surface area contributed by atoms with Gasteiger partial charge < -0.3 is 5.11 Å². The van der Waals surface area contributed by atoms with Crippen LogP contribution in [0, 0.1) is 5.92 Å². The van der Waals surface area contributed by atoms with Crippen molar-refractivity contribution in [1.29, 1.82) is 0 Å². The Bertz CT molecular complexity index is 462. The standard InChI is InChI=1S/C8H6N2O.C4H8.C3H8.C2H6/c11-7-3-1-2-6-8(7)10-5-4-9-6;1-4-2-3-4;1-3-2;1-2/h1-5,11H;4H,2-3H2,1H3;3H2,1-2H3;1-2H3. The number of fused-ring (bicyclic) bond motifs is 1. The molecule has 3 nitrogen and oxygen atoms in total. The van der Waals surface area contributed by atoms with Gasteiger partial charge in [0.1, 0.15) is 11.3 Å². The number of hydrogen-bond acceptors (Lipinski definition) is 3. The second kappa shape index (κ2) is 11.2. The molecule has 1 aromatic carbocycles. The fraction of sp³-hybridized carbons (Fsp3) is 0.529. The van der Waals surface area contributed by atoms with Crippen LogP contribution >= 0.6 is 0 Å². The van der Waals surface area contributed by atoms with E-state index in [1.807, 2.05) is 19.9 Å². The van der Waals surface area contributed by atoms with E-state index in [2.05, 4.69) is 30.7 Å². The summed E-state index contributed by atoms with van der Waals surface area (Å²) < 4.78 is 0. The van der Waals surface area contributed by atoms with Gasteiger partial charge >= 0.3 is 0 Å². The Hall–Kier alpha value is -1.64. The summed E-state index contributed by atoms with van der Waals surface area (Å²) in [5, 5.41) is 9.27. The molecule has 0 atom stereocenters. The van der Waals surface area contributed by atoms with E-state index < -0.39 is 0 Å². The van der Waals surface area contributed by atoms with Gasteiger partial charge in [0.25, 0.3) is 0 Å². The Balaban J connectivity index is 0.000000334. The second-order valence-corrected chi connectivity index (χ2v) is 4.59. The van der Waals surface area contributed by atoms with Crippen LogP contribution in [0.25, 0.3) is 11.0 Å². The zero-order valence-electron chi connectivity index (χ0n) is 13.4. The average molecular weight is 276 g/mol. The Morgan fingerprint density at radius 1 is 1.10 bits per heavy atom. The first-order valence-electron chi connectivity index (χ1n) is 7.57. The van der Waals surface area contributed by atoms with E-state index in [1.165, 1.54) is 19.3 Å². The summed E-state index contributed by atoms with van der Waals surface area (Å²) >= 11 is 0. The molecule has 1 fully saturated rings. The number of aromatic nitrogens is 2. The summed E-state index contributed by atoms with van der Waals surface area (Å²) in [5.41, 5.74) is 1.27. The second-order valence-electron chi connectivity index (χ2n) is 4.59. The quantitative estimate of drug-likeness (QED) is 0.719. The molecule has 112 valence electrons. The maximum Gasteiger partial charge on any atom is 0.143 e. The minimum atomic E-state index is 0.176. The van der Waals surface area contributed by atoms with Crippen molar-refractivity contribution in [3.63, 3.8) is 0 Å². The normalized spacial score (nSPS) is 12.1. The van der Waals surface area contributed by atoms with E-state index in [-0.39, 0.29) is 5.75 Å². The zero-order valence-corrected chi connectivity index (χ0v) is 13.4. The van der Waals surface area contributed by atoms with Gasteiger partial charge in [0.15, 0.2) is 0 Å². The lowest BCUT2D eigenvalue weighted by molar-refractivity contribution is 0.480. The maximum atomic E-state index is 9.27. The van der Waals surface area contributed by atoms with Gasteiger partial charge in [-0.05, 0) is 18.1 Å². The van der Waals surface area contributed by atoms with Crippen LogP contribution in [0.15, 0.2) is 30.6 Å². The van der Waals surface area contributed by atoms with Crippen molar-refractivity contribution in [3.8, 4) is 5.75 Å². The molecule has 1 N–H and O–H groups in total. The molecular formula is C17H28N2O. The molecule has 0 amide bonds. The Morgan fingerprint density at radius 2 is 1.60 bits per heavy atom. The Labute approximate surface area is 123 Å². The lowest BCUT2D eigenvalue weighted by atomic mass is 10.3. The van der Waals surface area contributed by atoms with E-state index in [4.69, 9.17) is 0 Å². The third-order valence-electron chi connectivity index (χ3n) is 2.34. The molecule has 3 heteroatoms. The SMILES string of the molecule is CC.CC1CC1.CCC.Oc1cccc2nccnc12. The molecule has 3 rings (SSSR count). The lowest BCUT2D eigenvalue weighted by Gasteiger charge is -1.95.